The number of likely N-dealkylation sites (N-methyl/N-ethyl adjacent to an activating group) is 1. The van der Waals surface area contributed by atoms with Gasteiger partial charge in [0.25, 0.3) is 0 Å². The lowest BCUT2D eigenvalue weighted by Gasteiger charge is -2.41. The molecule has 4 heteroatoms. The van der Waals surface area contributed by atoms with Crippen molar-refractivity contribution in [3.63, 3.8) is 0 Å². The largest absolute Gasteiger partial charge is 1.00 e. The zero-order valence-electron chi connectivity index (χ0n) is 15.6. The SMILES string of the molecule is C[N+]1(C)CCC[C@H]1[C@H]1CS[C@](c2ccccc2)(C2CCCCC2)O1.[I-]. The van der Waals surface area contributed by atoms with Gasteiger partial charge < -0.3 is 33.2 Å². The van der Waals surface area contributed by atoms with Crippen molar-refractivity contribution < 1.29 is 33.2 Å². The van der Waals surface area contributed by atoms with Gasteiger partial charge in [0.15, 0.2) is 0 Å². The lowest BCUT2D eigenvalue weighted by molar-refractivity contribution is -0.905. The molecule has 140 valence electrons. The average molecular weight is 473 g/mol. The molecule has 2 nitrogen and oxygen atoms in total. The second kappa shape index (κ2) is 8.07. The molecule has 1 aliphatic carbocycles. The first-order valence-electron chi connectivity index (χ1n) is 9.82. The Hall–Kier alpha value is 0.220. The molecule has 0 bridgehead atoms. The molecular weight excluding hydrogens is 441 g/mol. The van der Waals surface area contributed by atoms with E-state index in [1.54, 1.807) is 0 Å². The molecule has 0 radical (unpaired) electrons. The summed E-state index contributed by atoms with van der Waals surface area (Å²) in [5.41, 5.74) is 1.41. The second-order valence-electron chi connectivity index (χ2n) is 8.55. The number of thioether (sulfide) groups is 1. The van der Waals surface area contributed by atoms with Gasteiger partial charge in [-0.2, -0.15) is 0 Å². The molecule has 2 saturated heterocycles. The van der Waals surface area contributed by atoms with E-state index in [9.17, 15) is 0 Å². The summed E-state index contributed by atoms with van der Waals surface area (Å²) in [4.78, 5) is -0.0884. The summed E-state index contributed by atoms with van der Waals surface area (Å²) in [5.74, 6) is 1.85. The highest BCUT2D eigenvalue weighted by Gasteiger charge is 2.53. The molecule has 0 amide bonds. The second-order valence-corrected chi connectivity index (χ2v) is 9.78. The zero-order valence-corrected chi connectivity index (χ0v) is 18.6. The topological polar surface area (TPSA) is 9.23 Å². The summed E-state index contributed by atoms with van der Waals surface area (Å²) in [6.45, 7) is 1.30. The third-order valence-corrected chi connectivity index (χ3v) is 8.26. The highest BCUT2D eigenvalue weighted by Crippen LogP contribution is 2.55. The maximum atomic E-state index is 7.04. The first-order chi connectivity index (χ1) is 11.6. The van der Waals surface area contributed by atoms with Gasteiger partial charge in [0.05, 0.1) is 20.6 Å². The van der Waals surface area contributed by atoms with Crippen LogP contribution in [0.5, 0.6) is 0 Å². The van der Waals surface area contributed by atoms with Gasteiger partial charge in [-0.05, 0) is 18.4 Å². The lowest BCUT2D eigenvalue weighted by atomic mass is 9.82. The Bertz CT molecular complexity index is 560. The van der Waals surface area contributed by atoms with Gasteiger partial charge in [-0.15, -0.1) is 11.8 Å². The molecule has 2 aliphatic heterocycles. The Morgan fingerprint density at radius 1 is 1.00 bits per heavy atom. The Labute approximate surface area is 174 Å². The first-order valence-corrected chi connectivity index (χ1v) is 10.8. The van der Waals surface area contributed by atoms with E-state index in [0.29, 0.717) is 18.1 Å². The Balaban J connectivity index is 0.00000182. The molecule has 1 aromatic rings. The molecule has 4 rings (SSSR count). The summed E-state index contributed by atoms with van der Waals surface area (Å²) in [5, 5.41) is 0. The van der Waals surface area contributed by atoms with Crippen LogP contribution in [0, 0.1) is 5.92 Å². The molecular formula is C21H32INOS. The molecule has 0 unspecified atom stereocenters. The van der Waals surface area contributed by atoms with Gasteiger partial charge >= 0.3 is 0 Å². The van der Waals surface area contributed by atoms with E-state index in [0.717, 1.165) is 10.2 Å². The van der Waals surface area contributed by atoms with Gasteiger partial charge in [0, 0.05) is 24.5 Å². The highest BCUT2D eigenvalue weighted by atomic mass is 127. The molecule has 1 saturated carbocycles. The van der Waals surface area contributed by atoms with E-state index in [-0.39, 0.29) is 28.9 Å². The predicted molar refractivity (Wildman–Crippen MR) is 102 cm³/mol. The Morgan fingerprint density at radius 3 is 2.36 bits per heavy atom. The van der Waals surface area contributed by atoms with Crippen molar-refractivity contribution >= 4 is 11.8 Å². The van der Waals surface area contributed by atoms with Crippen LogP contribution in [0.25, 0.3) is 0 Å². The van der Waals surface area contributed by atoms with E-state index in [1.807, 2.05) is 0 Å². The fraction of sp³-hybridized carbons (Fsp3) is 0.714. The van der Waals surface area contributed by atoms with E-state index in [4.69, 9.17) is 4.74 Å². The van der Waals surface area contributed by atoms with Gasteiger partial charge in [-0.25, -0.2) is 0 Å². The Morgan fingerprint density at radius 2 is 1.72 bits per heavy atom. The summed E-state index contributed by atoms with van der Waals surface area (Å²) in [6, 6.07) is 11.8. The molecule has 3 aliphatic rings. The molecule has 3 fully saturated rings. The van der Waals surface area contributed by atoms with E-state index < -0.39 is 0 Å². The van der Waals surface area contributed by atoms with Gasteiger partial charge in [-0.3, -0.25) is 0 Å². The van der Waals surface area contributed by atoms with Crippen molar-refractivity contribution in [3.8, 4) is 0 Å². The van der Waals surface area contributed by atoms with Crippen molar-refractivity contribution in [1.29, 1.82) is 0 Å². The number of rotatable bonds is 3. The van der Waals surface area contributed by atoms with E-state index in [1.165, 1.54) is 57.1 Å². The van der Waals surface area contributed by atoms with Crippen LogP contribution in [0.2, 0.25) is 0 Å². The average Bonchev–Trinajstić information content (AvgIpc) is 3.20. The van der Waals surface area contributed by atoms with Gasteiger partial charge in [0.2, 0.25) is 0 Å². The number of benzene rings is 1. The van der Waals surface area contributed by atoms with E-state index in [2.05, 4.69) is 56.2 Å². The van der Waals surface area contributed by atoms with Crippen molar-refractivity contribution in [3.05, 3.63) is 35.9 Å². The van der Waals surface area contributed by atoms with Crippen LogP contribution in [0.3, 0.4) is 0 Å². The molecule has 2 heterocycles. The molecule has 1 aromatic carbocycles. The van der Waals surface area contributed by atoms with Crippen molar-refractivity contribution in [2.45, 2.75) is 62.0 Å². The van der Waals surface area contributed by atoms with Crippen molar-refractivity contribution in [2.24, 2.45) is 5.92 Å². The van der Waals surface area contributed by atoms with Crippen LogP contribution in [0.15, 0.2) is 30.3 Å². The lowest BCUT2D eigenvalue weighted by Crippen LogP contribution is -3.00. The maximum Gasteiger partial charge on any atom is 0.142 e. The van der Waals surface area contributed by atoms with Gasteiger partial charge in [0.1, 0.15) is 17.1 Å². The minimum absolute atomic E-state index is 0. The van der Waals surface area contributed by atoms with Gasteiger partial charge in [-0.1, -0.05) is 49.6 Å². The molecule has 0 aromatic heterocycles. The number of halogens is 1. The standard InChI is InChI=1S/C21H32NOS.HI/c1-22(2)15-9-14-19(22)20-16-24-21(23-20,17-10-5-3-6-11-17)18-12-7-4-8-13-18;/h3,5-6,10-11,18-20H,4,7-9,12-16H2,1-2H3;1H/q+1;/p-1/t19-,20+,21+;/m0./s1. The fourth-order valence-corrected chi connectivity index (χ4v) is 6.97. The minimum Gasteiger partial charge on any atom is -1.00 e. The number of hydrogen-bond donors (Lipinski definition) is 0. The monoisotopic (exact) mass is 473 g/mol. The zero-order chi connectivity index (χ0) is 16.6. The van der Waals surface area contributed by atoms with Crippen LogP contribution in [0.1, 0.15) is 50.5 Å². The fourth-order valence-electron chi connectivity index (χ4n) is 5.30. The number of nitrogens with zero attached hydrogens (tertiary/aromatic N) is 1. The van der Waals surface area contributed by atoms with Crippen LogP contribution in [0.4, 0.5) is 0 Å². The number of ether oxygens (including phenoxy) is 1. The summed E-state index contributed by atoms with van der Waals surface area (Å²) < 4.78 is 8.18. The number of likely N-dealkylation sites (tertiary alicyclic amines) is 1. The highest BCUT2D eigenvalue weighted by molar-refractivity contribution is 8.00. The molecule has 0 spiro atoms. The van der Waals surface area contributed by atoms with Crippen LogP contribution in [-0.4, -0.2) is 43.0 Å². The van der Waals surface area contributed by atoms with Crippen LogP contribution < -0.4 is 24.0 Å². The molecule has 3 atom stereocenters. The van der Waals surface area contributed by atoms with Crippen LogP contribution >= 0.6 is 11.8 Å². The van der Waals surface area contributed by atoms with Crippen molar-refractivity contribution in [1.82, 2.24) is 0 Å². The first kappa shape index (κ1) is 20.0. The number of quaternary nitrogens is 1. The Kier molecular flexibility index (Phi) is 6.45. The smallest absolute Gasteiger partial charge is 0.142 e. The van der Waals surface area contributed by atoms with Crippen LogP contribution in [-0.2, 0) is 9.67 Å². The summed E-state index contributed by atoms with van der Waals surface area (Å²) in [7, 11) is 4.80. The van der Waals surface area contributed by atoms with E-state index >= 15 is 0 Å². The molecule has 0 N–H and O–H groups in total. The summed E-state index contributed by atoms with van der Waals surface area (Å²) in [6.07, 6.45) is 9.90. The number of hydrogen-bond acceptors (Lipinski definition) is 2. The normalized spacial score (nSPS) is 35.4. The maximum absolute atomic E-state index is 7.04. The third-order valence-electron chi connectivity index (χ3n) is 6.67. The summed E-state index contributed by atoms with van der Waals surface area (Å²) >= 11 is 2.11. The predicted octanol–water partition coefficient (Wildman–Crippen LogP) is 1.79. The molecule has 25 heavy (non-hydrogen) atoms. The third kappa shape index (κ3) is 3.78. The minimum atomic E-state index is -0.0884. The van der Waals surface area contributed by atoms with Crippen molar-refractivity contribution in [2.75, 3.05) is 26.4 Å². The quantitative estimate of drug-likeness (QED) is 0.489.